The summed E-state index contributed by atoms with van der Waals surface area (Å²) in [4.78, 5) is 0.322. The van der Waals surface area contributed by atoms with Crippen LogP contribution in [0.1, 0.15) is 18.4 Å². The molecule has 4 heteroatoms. The minimum Gasteiger partial charge on any atom is -0.211 e. The summed E-state index contributed by atoms with van der Waals surface area (Å²) in [6.45, 7) is 0.476. The van der Waals surface area contributed by atoms with Crippen molar-refractivity contribution < 1.29 is 8.42 Å². The van der Waals surface area contributed by atoms with Gasteiger partial charge in [-0.1, -0.05) is 48.5 Å². The molecule has 2 aromatic carbocycles. The van der Waals surface area contributed by atoms with Crippen LogP contribution in [-0.2, 0) is 16.4 Å². The highest BCUT2D eigenvalue weighted by Crippen LogP contribution is 2.08. The van der Waals surface area contributed by atoms with Crippen molar-refractivity contribution in [2.45, 2.75) is 24.2 Å². The van der Waals surface area contributed by atoms with Gasteiger partial charge in [-0.15, -0.1) is 0 Å². The van der Waals surface area contributed by atoms with E-state index in [1.807, 2.05) is 18.2 Å². The number of sulfonamides is 1. The Kier molecular flexibility index (Phi) is 5.32. The van der Waals surface area contributed by atoms with Crippen molar-refractivity contribution in [3.05, 3.63) is 66.2 Å². The van der Waals surface area contributed by atoms with Crippen molar-refractivity contribution in [2.75, 3.05) is 6.54 Å². The van der Waals surface area contributed by atoms with Crippen LogP contribution in [0.4, 0.5) is 0 Å². The molecule has 20 heavy (non-hydrogen) atoms. The van der Waals surface area contributed by atoms with Crippen LogP contribution < -0.4 is 4.72 Å². The molecule has 0 aliphatic carbocycles. The Labute approximate surface area is 120 Å². The van der Waals surface area contributed by atoms with Gasteiger partial charge in [0.1, 0.15) is 0 Å². The predicted molar refractivity (Wildman–Crippen MR) is 81.0 cm³/mol. The highest BCUT2D eigenvalue weighted by molar-refractivity contribution is 7.89. The van der Waals surface area contributed by atoms with Crippen LogP contribution in [0.2, 0.25) is 0 Å². The molecule has 0 heterocycles. The lowest BCUT2D eigenvalue weighted by Gasteiger charge is -2.06. The fourth-order valence-electron chi connectivity index (χ4n) is 1.99. The summed E-state index contributed by atoms with van der Waals surface area (Å²) in [6.07, 6.45) is 2.79. The zero-order valence-electron chi connectivity index (χ0n) is 11.3. The Morgan fingerprint density at radius 2 is 1.40 bits per heavy atom. The number of benzene rings is 2. The highest BCUT2D eigenvalue weighted by Gasteiger charge is 2.11. The predicted octanol–water partition coefficient (Wildman–Crippen LogP) is 2.99. The Morgan fingerprint density at radius 1 is 0.800 bits per heavy atom. The Hall–Kier alpha value is -1.65. The molecule has 0 spiro atoms. The lowest BCUT2D eigenvalue weighted by Crippen LogP contribution is -2.24. The molecule has 0 unspecified atom stereocenters. The molecule has 0 saturated carbocycles. The van der Waals surface area contributed by atoms with E-state index in [0.717, 1.165) is 19.3 Å². The average Bonchev–Trinajstić information content (AvgIpc) is 2.49. The quantitative estimate of drug-likeness (QED) is 0.796. The van der Waals surface area contributed by atoms with Crippen molar-refractivity contribution in [3.8, 4) is 0 Å². The Balaban J connectivity index is 1.74. The van der Waals surface area contributed by atoms with E-state index in [4.69, 9.17) is 0 Å². The summed E-state index contributed by atoms with van der Waals surface area (Å²) in [7, 11) is -3.36. The van der Waals surface area contributed by atoms with Crippen LogP contribution in [0, 0.1) is 0 Å². The second-order valence-electron chi connectivity index (χ2n) is 4.65. The monoisotopic (exact) mass is 289 g/mol. The maximum Gasteiger partial charge on any atom is 0.240 e. The van der Waals surface area contributed by atoms with Gasteiger partial charge >= 0.3 is 0 Å². The number of unbranched alkanes of at least 4 members (excludes halogenated alkanes) is 1. The molecule has 1 N–H and O–H groups in total. The van der Waals surface area contributed by atoms with Gasteiger partial charge in [0, 0.05) is 6.54 Å². The van der Waals surface area contributed by atoms with Gasteiger partial charge in [-0.2, -0.15) is 0 Å². The third-order valence-electron chi connectivity index (χ3n) is 3.08. The summed E-state index contributed by atoms with van der Waals surface area (Å²) < 4.78 is 26.5. The molecule has 0 amide bonds. The first-order valence-corrected chi connectivity index (χ1v) is 8.25. The summed E-state index contributed by atoms with van der Waals surface area (Å²) in [5.74, 6) is 0. The van der Waals surface area contributed by atoms with Crippen LogP contribution in [0.3, 0.4) is 0 Å². The van der Waals surface area contributed by atoms with Gasteiger partial charge in [0.15, 0.2) is 0 Å². The van der Waals surface area contributed by atoms with Crippen molar-refractivity contribution in [1.82, 2.24) is 4.72 Å². The first-order valence-electron chi connectivity index (χ1n) is 6.77. The van der Waals surface area contributed by atoms with Gasteiger partial charge in [-0.3, -0.25) is 0 Å². The zero-order valence-corrected chi connectivity index (χ0v) is 12.1. The molecule has 0 bridgehead atoms. The summed E-state index contributed by atoms with van der Waals surface area (Å²) in [5.41, 5.74) is 1.29. The normalized spacial score (nSPS) is 11.4. The molecule has 0 radical (unpaired) electrons. The molecular formula is C16H19NO2S. The fourth-order valence-corrected chi connectivity index (χ4v) is 3.08. The van der Waals surface area contributed by atoms with E-state index in [-0.39, 0.29) is 0 Å². The molecule has 106 valence electrons. The van der Waals surface area contributed by atoms with Gasteiger partial charge in [-0.25, -0.2) is 13.1 Å². The minimum absolute atomic E-state index is 0.322. The van der Waals surface area contributed by atoms with E-state index < -0.39 is 10.0 Å². The molecule has 2 rings (SSSR count). The smallest absolute Gasteiger partial charge is 0.211 e. The lowest BCUT2D eigenvalue weighted by molar-refractivity contribution is 0.576. The molecular weight excluding hydrogens is 270 g/mol. The molecule has 0 fully saturated rings. The van der Waals surface area contributed by atoms with E-state index >= 15 is 0 Å². The topological polar surface area (TPSA) is 46.2 Å². The first kappa shape index (κ1) is 14.8. The number of hydrogen-bond acceptors (Lipinski definition) is 2. The van der Waals surface area contributed by atoms with E-state index in [0.29, 0.717) is 11.4 Å². The van der Waals surface area contributed by atoms with Crippen LogP contribution in [0.15, 0.2) is 65.6 Å². The molecule has 0 aromatic heterocycles. The second-order valence-corrected chi connectivity index (χ2v) is 6.42. The maximum absolute atomic E-state index is 12.0. The van der Waals surface area contributed by atoms with Crippen molar-refractivity contribution in [2.24, 2.45) is 0 Å². The minimum atomic E-state index is -3.36. The Bertz CT molecular complexity index is 609. The number of aryl methyl sites for hydroxylation is 1. The van der Waals surface area contributed by atoms with Gasteiger partial charge in [0.05, 0.1) is 4.90 Å². The lowest BCUT2D eigenvalue weighted by atomic mass is 10.1. The highest BCUT2D eigenvalue weighted by atomic mass is 32.2. The largest absolute Gasteiger partial charge is 0.240 e. The van der Waals surface area contributed by atoms with Gasteiger partial charge in [0.2, 0.25) is 10.0 Å². The number of hydrogen-bond donors (Lipinski definition) is 1. The summed E-state index contributed by atoms with van der Waals surface area (Å²) in [5, 5.41) is 0. The van der Waals surface area contributed by atoms with Gasteiger partial charge in [-0.05, 0) is 37.0 Å². The standard InChI is InChI=1S/C16H19NO2S/c18-20(19,16-12-5-2-6-13-16)17-14-8-7-11-15-9-3-1-4-10-15/h1-6,9-10,12-13,17H,7-8,11,14H2. The van der Waals surface area contributed by atoms with Crippen LogP contribution in [0.25, 0.3) is 0 Å². The average molecular weight is 289 g/mol. The van der Waals surface area contributed by atoms with Crippen molar-refractivity contribution in [3.63, 3.8) is 0 Å². The van der Waals surface area contributed by atoms with Crippen LogP contribution in [0.5, 0.6) is 0 Å². The second kappa shape index (κ2) is 7.22. The van der Waals surface area contributed by atoms with Gasteiger partial charge < -0.3 is 0 Å². The third kappa shape index (κ3) is 4.47. The fraction of sp³-hybridized carbons (Fsp3) is 0.250. The molecule has 3 nitrogen and oxygen atoms in total. The van der Waals surface area contributed by atoms with E-state index in [9.17, 15) is 8.42 Å². The number of nitrogens with one attached hydrogen (secondary N) is 1. The molecule has 0 saturated heterocycles. The van der Waals surface area contributed by atoms with Crippen LogP contribution >= 0.6 is 0 Å². The first-order chi connectivity index (χ1) is 9.68. The maximum atomic E-state index is 12.0. The third-order valence-corrected chi connectivity index (χ3v) is 4.56. The molecule has 0 aliphatic rings. The summed E-state index contributed by atoms with van der Waals surface area (Å²) >= 11 is 0. The SMILES string of the molecule is O=S(=O)(NCCCCc1ccccc1)c1ccccc1. The Morgan fingerprint density at radius 3 is 2.05 bits per heavy atom. The van der Waals surface area contributed by atoms with Crippen molar-refractivity contribution >= 4 is 10.0 Å². The summed E-state index contributed by atoms with van der Waals surface area (Å²) in [6, 6.07) is 18.7. The van der Waals surface area contributed by atoms with E-state index in [2.05, 4.69) is 16.9 Å². The van der Waals surface area contributed by atoms with Crippen LogP contribution in [-0.4, -0.2) is 15.0 Å². The van der Waals surface area contributed by atoms with E-state index in [1.54, 1.807) is 30.3 Å². The molecule has 0 atom stereocenters. The zero-order chi connectivity index (χ0) is 14.3. The van der Waals surface area contributed by atoms with Crippen molar-refractivity contribution in [1.29, 1.82) is 0 Å². The number of rotatable bonds is 7. The van der Waals surface area contributed by atoms with Gasteiger partial charge in [0.25, 0.3) is 0 Å². The molecule has 0 aliphatic heterocycles. The molecule has 2 aromatic rings. The van der Waals surface area contributed by atoms with E-state index in [1.165, 1.54) is 5.56 Å².